The lowest BCUT2D eigenvalue weighted by atomic mass is 10.1. The normalized spacial score (nSPS) is 21.1. The van der Waals surface area contributed by atoms with Crippen LogP contribution in [0.2, 0.25) is 0 Å². The number of benzene rings is 1. The number of nitrogens with zero attached hydrogens (tertiary/aromatic N) is 1. The van der Waals surface area contributed by atoms with Crippen LogP contribution in [0.1, 0.15) is 13.8 Å². The van der Waals surface area contributed by atoms with Crippen molar-refractivity contribution in [1.29, 1.82) is 0 Å². The van der Waals surface area contributed by atoms with E-state index in [0.717, 1.165) is 5.56 Å². The number of carbonyl (C=O) groups excluding carboxylic acids is 1. The number of methoxy groups -OCH3 is 1. The van der Waals surface area contributed by atoms with Gasteiger partial charge in [0, 0.05) is 10.9 Å². The molecule has 0 radical (unpaired) electrons. The van der Waals surface area contributed by atoms with Crippen LogP contribution in [-0.4, -0.2) is 29.1 Å². The van der Waals surface area contributed by atoms with Crippen LogP contribution in [0.15, 0.2) is 29.6 Å². The second kappa shape index (κ2) is 5.90. The molecule has 0 spiro atoms. The van der Waals surface area contributed by atoms with E-state index in [2.05, 4.69) is 10.3 Å². The number of anilines is 1. The molecule has 1 aromatic carbocycles. The predicted molar refractivity (Wildman–Crippen MR) is 91.1 cm³/mol. The Kier molecular flexibility index (Phi) is 4.04. The van der Waals surface area contributed by atoms with Crippen LogP contribution in [0.25, 0.3) is 11.3 Å². The minimum absolute atomic E-state index is 0.298. The maximum Gasteiger partial charge on any atom is 0.307 e. The predicted octanol–water partition coefficient (Wildman–Crippen LogP) is 3.11. The van der Waals surface area contributed by atoms with E-state index in [1.54, 1.807) is 21.0 Å². The Hall–Kier alpha value is -2.41. The van der Waals surface area contributed by atoms with Crippen LogP contribution in [0, 0.1) is 17.3 Å². The number of carbonyl (C=O) groups is 2. The van der Waals surface area contributed by atoms with E-state index in [0.29, 0.717) is 16.6 Å². The molecule has 1 heterocycles. The highest BCUT2D eigenvalue weighted by Gasteiger charge is 2.65. The molecule has 7 heteroatoms. The Morgan fingerprint density at radius 1 is 1.29 bits per heavy atom. The smallest absolute Gasteiger partial charge is 0.307 e. The average molecular weight is 346 g/mol. The molecule has 1 saturated carbocycles. The molecule has 126 valence electrons. The molecule has 3 rings (SSSR count). The first-order chi connectivity index (χ1) is 11.4. The summed E-state index contributed by atoms with van der Waals surface area (Å²) >= 11 is 1.30. The molecule has 6 nitrogen and oxygen atoms in total. The molecule has 1 amide bonds. The van der Waals surface area contributed by atoms with Crippen LogP contribution in [0.4, 0.5) is 5.13 Å². The molecule has 1 aliphatic rings. The van der Waals surface area contributed by atoms with Gasteiger partial charge in [-0.25, -0.2) is 4.98 Å². The van der Waals surface area contributed by atoms with Gasteiger partial charge < -0.3 is 15.2 Å². The molecule has 0 bridgehead atoms. The Morgan fingerprint density at radius 3 is 2.62 bits per heavy atom. The summed E-state index contributed by atoms with van der Waals surface area (Å²) in [5, 5.41) is 14.2. The van der Waals surface area contributed by atoms with Crippen LogP contribution >= 0.6 is 11.3 Å². The first kappa shape index (κ1) is 16.4. The Bertz CT molecular complexity index is 799. The summed E-state index contributed by atoms with van der Waals surface area (Å²) in [6.45, 7) is 3.58. The number of aliphatic carboxylic acids is 1. The van der Waals surface area contributed by atoms with Gasteiger partial charge in [-0.05, 0) is 17.5 Å². The third-order valence-electron chi connectivity index (χ3n) is 4.49. The van der Waals surface area contributed by atoms with Crippen molar-refractivity contribution in [2.75, 3.05) is 12.4 Å². The van der Waals surface area contributed by atoms with Gasteiger partial charge in [0.05, 0.1) is 24.6 Å². The van der Waals surface area contributed by atoms with E-state index in [4.69, 9.17) is 4.74 Å². The molecule has 0 saturated heterocycles. The van der Waals surface area contributed by atoms with E-state index >= 15 is 0 Å². The van der Waals surface area contributed by atoms with Gasteiger partial charge in [-0.15, -0.1) is 11.3 Å². The fourth-order valence-corrected chi connectivity index (χ4v) is 3.80. The van der Waals surface area contributed by atoms with Crippen molar-refractivity contribution in [3.8, 4) is 17.0 Å². The minimum atomic E-state index is -0.936. The number of nitrogens with one attached hydrogen (secondary N) is 1. The first-order valence-electron chi connectivity index (χ1n) is 7.49. The zero-order chi connectivity index (χ0) is 17.5. The van der Waals surface area contributed by atoms with Crippen molar-refractivity contribution in [3.05, 3.63) is 29.6 Å². The van der Waals surface area contributed by atoms with Crippen LogP contribution in [-0.2, 0) is 9.59 Å². The molecule has 1 aliphatic carbocycles. The molecule has 2 atom stereocenters. The standard InChI is InChI=1S/C17H18N2O4S/c1-17(2)12(13(17)15(21)22)14(20)19-16-18-10(8-24-16)9-6-4-5-7-11(9)23-3/h4-8,12-13H,1-3H3,(H,21,22)(H,18,19,20)/t12-,13+/m0/s1. The van der Waals surface area contributed by atoms with E-state index in [1.165, 1.54) is 11.3 Å². The fourth-order valence-electron chi connectivity index (χ4n) is 3.08. The fraction of sp³-hybridized carbons (Fsp3) is 0.353. The van der Waals surface area contributed by atoms with Crippen molar-refractivity contribution in [3.63, 3.8) is 0 Å². The topological polar surface area (TPSA) is 88.5 Å². The number of hydrogen-bond acceptors (Lipinski definition) is 5. The summed E-state index contributed by atoms with van der Waals surface area (Å²) in [4.78, 5) is 28.0. The zero-order valence-electron chi connectivity index (χ0n) is 13.6. The monoisotopic (exact) mass is 346 g/mol. The van der Waals surface area contributed by atoms with Crippen molar-refractivity contribution in [2.24, 2.45) is 17.3 Å². The van der Waals surface area contributed by atoms with E-state index in [9.17, 15) is 14.7 Å². The first-order valence-corrected chi connectivity index (χ1v) is 8.36. The van der Waals surface area contributed by atoms with Crippen molar-refractivity contribution >= 4 is 28.3 Å². The maximum atomic E-state index is 12.3. The Balaban J connectivity index is 1.76. The summed E-state index contributed by atoms with van der Waals surface area (Å²) < 4.78 is 5.32. The van der Waals surface area contributed by atoms with Crippen LogP contribution in [0.3, 0.4) is 0 Å². The number of hydrogen-bond donors (Lipinski definition) is 2. The lowest BCUT2D eigenvalue weighted by Crippen LogP contribution is -2.17. The Morgan fingerprint density at radius 2 is 2.00 bits per heavy atom. The van der Waals surface area contributed by atoms with E-state index < -0.39 is 23.2 Å². The molecular weight excluding hydrogens is 328 g/mol. The lowest BCUT2D eigenvalue weighted by molar-refractivity contribution is -0.140. The summed E-state index contributed by atoms with van der Waals surface area (Å²) in [6, 6.07) is 7.50. The molecule has 0 aliphatic heterocycles. The largest absolute Gasteiger partial charge is 0.496 e. The van der Waals surface area contributed by atoms with Crippen LogP contribution < -0.4 is 10.1 Å². The molecule has 24 heavy (non-hydrogen) atoms. The van der Waals surface area contributed by atoms with Gasteiger partial charge in [0.15, 0.2) is 5.13 Å². The summed E-state index contributed by atoms with van der Waals surface area (Å²) in [7, 11) is 1.59. The van der Waals surface area contributed by atoms with Crippen LogP contribution in [0.5, 0.6) is 5.75 Å². The van der Waals surface area contributed by atoms with Crippen molar-refractivity contribution in [2.45, 2.75) is 13.8 Å². The zero-order valence-corrected chi connectivity index (χ0v) is 14.4. The number of rotatable bonds is 5. The highest BCUT2D eigenvalue weighted by atomic mass is 32.1. The molecule has 2 N–H and O–H groups in total. The van der Waals surface area contributed by atoms with Gasteiger partial charge in [0.1, 0.15) is 5.75 Å². The minimum Gasteiger partial charge on any atom is -0.496 e. The van der Waals surface area contributed by atoms with E-state index in [-0.39, 0.29) is 5.91 Å². The van der Waals surface area contributed by atoms with Crippen molar-refractivity contribution in [1.82, 2.24) is 4.98 Å². The SMILES string of the molecule is COc1ccccc1-c1csc(NC(=O)[C@@H]2[C@H](C(=O)O)C2(C)C)n1. The molecule has 1 aromatic heterocycles. The average Bonchev–Trinajstić information content (AvgIpc) is 2.89. The Labute approximate surface area is 143 Å². The number of carboxylic acid groups (broad SMARTS) is 1. The second-order valence-corrected chi connectivity index (χ2v) is 7.20. The summed E-state index contributed by atoms with van der Waals surface area (Å²) in [5.41, 5.74) is 1.02. The molecule has 0 unspecified atom stereocenters. The summed E-state index contributed by atoms with van der Waals surface area (Å²) in [6.07, 6.45) is 0. The van der Waals surface area contributed by atoms with Gasteiger partial charge in [-0.1, -0.05) is 26.0 Å². The van der Waals surface area contributed by atoms with Gasteiger partial charge in [-0.3, -0.25) is 9.59 Å². The van der Waals surface area contributed by atoms with Gasteiger partial charge in [0.2, 0.25) is 5.91 Å². The molecule has 2 aromatic rings. The number of amides is 1. The van der Waals surface area contributed by atoms with Crippen molar-refractivity contribution < 1.29 is 19.4 Å². The lowest BCUT2D eigenvalue weighted by Gasteiger charge is -2.05. The third kappa shape index (κ3) is 2.75. The third-order valence-corrected chi connectivity index (χ3v) is 5.25. The number of carboxylic acids is 1. The quantitative estimate of drug-likeness (QED) is 0.868. The molecular formula is C17H18N2O4S. The van der Waals surface area contributed by atoms with E-state index in [1.807, 2.05) is 29.6 Å². The summed E-state index contributed by atoms with van der Waals surface area (Å²) in [5.74, 6) is -1.71. The molecule has 1 fully saturated rings. The number of aromatic nitrogens is 1. The maximum absolute atomic E-state index is 12.3. The highest BCUT2D eigenvalue weighted by molar-refractivity contribution is 7.14. The number of para-hydroxylation sites is 1. The second-order valence-electron chi connectivity index (χ2n) is 6.34. The van der Waals surface area contributed by atoms with Gasteiger partial charge >= 0.3 is 5.97 Å². The number of thiazole rings is 1. The highest BCUT2D eigenvalue weighted by Crippen LogP contribution is 2.58. The van der Waals surface area contributed by atoms with Gasteiger partial charge in [0.25, 0.3) is 0 Å². The number of ether oxygens (including phenoxy) is 1. The van der Waals surface area contributed by atoms with Gasteiger partial charge in [-0.2, -0.15) is 0 Å².